The van der Waals surface area contributed by atoms with E-state index in [1.165, 1.54) is 31.2 Å². The van der Waals surface area contributed by atoms with Gasteiger partial charge in [-0.05, 0) is 49.1 Å². The van der Waals surface area contributed by atoms with E-state index in [1.54, 1.807) is 6.92 Å². The first-order valence-corrected chi connectivity index (χ1v) is 10.5. The molecule has 0 radical (unpaired) electrons. The highest BCUT2D eigenvalue weighted by Crippen LogP contribution is 2.32. The summed E-state index contributed by atoms with van der Waals surface area (Å²) in [5.41, 5.74) is 3.17. The maximum atomic E-state index is 11.1. The Morgan fingerprint density at radius 2 is 2.00 bits per heavy atom. The van der Waals surface area contributed by atoms with E-state index in [2.05, 4.69) is 39.8 Å². The summed E-state index contributed by atoms with van der Waals surface area (Å²) in [4.78, 5) is 11.1. The molecule has 1 atom stereocenters. The standard InChI is InChI=1S/C25H26N2O3/c1-2-5-20(15-25(28)29)19-10-12-23(13-11-19)30-17-18-8-9-21-16-26-27(24(21)14-18)22-6-3-4-7-22/h8-14,16,20,22H,3-4,6-7,15,17H2,1H3,(H,28,29)/t20-/m0/s1. The third kappa shape index (κ3) is 4.49. The Kier molecular flexibility index (Phi) is 6.04. The quantitative estimate of drug-likeness (QED) is 0.544. The van der Waals surface area contributed by atoms with Gasteiger partial charge in [-0.15, -0.1) is 5.92 Å². The predicted molar refractivity (Wildman–Crippen MR) is 116 cm³/mol. The van der Waals surface area contributed by atoms with Gasteiger partial charge in [0, 0.05) is 5.39 Å². The van der Waals surface area contributed by atoms with Crippen molar-refractivity contribution in [2.75, 3.05) is 0 Å². The number of fused-ring (bicyclic) bond motifs is 1. The second-order valence-electron chi connectivity index (χ2n) is 7.82. The lowest BCUT2D eigenvalue weighted by atomic mass is 9.96. The van der Waals surface area contributed by atoms with Gasteiger partial charge in [0.05, 0.1) is 30.1 Å². The van der Waals surface area contributed by atoms with Crippen LogP contribution in [-0.4, -0.2) is 20.9 Å². The molecule has 1 N–H and O–H groups in total. The van der Waals surface area contributed by atoms with Crippen LogP contribution in [0.1, 0.15) is 62.1 Å². The molecule has 0 bridgehead atoms. The molecule has 30 heavy (non-hydrogen) atoms. The molecular formula is C25H26N2O3. The van der Waals surface area contributed by atoms with Gasteiger partial charge in [-0.1, -0.05) is 43.0 Å². The molecule has 1 fully saturated rings. The van der Waals surface area contributed by atoms with Gasteiger partial charge in [0.25, 0.3) is 0 Å². The average molecular weight is 402 g/mol. The number of nitrogens with zero attached hydrogens (tertiary/aromatic N) is 2. The Labute approximate surface area is 176 Å². The smallest absolute Gasteiger partial charge is 0.304 e. The van der Waals surface area contributed by atoms with Gasteiger partial charge in [-0.2, -0.15) is 5.10 Å². The molecule has 0 aliphatic heterocycles. The van der Waals surface area contributed by atoms with Crippen molar-refractivity contribution in [1.82, 2.24) is 9.78 Å². The molecule has 1 aliphatic rings. The molecule has 154 valence electrons. The third-order valence-corrected chi connectivity index (χ3v) is 5.72. The summed E-state index contributed by atoms with van der Waals surface area (Å²) < 4.78 is 8.16. The largest absolute Gasteiger partial charge is 0.489 e. The molecule has 5 heteroatoms. The zero-order valence-corrected chi connectivity index (χ0v) is 17.2. The van der Waals surface area contributed by atoms with E-state index in [0.29, 0.717) is 12.6 Å². The van der Waals surface area contributed by atoms with E-state index in [4.69, 9.17) is 9.84 Å². The normalized spacial score (nSPS) is 15.0. The van der Waals surface area contributed by atoms with E-state index < -0.39 is 5.97 Å². The Bertz CT molecular complexity index is 1080. The van der Waals surface area contributed by atoms with Gasteiger partial charge < -0.3 is 9.84 Å². The minimum absolute atomic E-state index is 0.00423. The fourth-order valence-corrected chi connectivity index (χ4v) is 4.18. The number of carbonyl (C=O) groups is 1. The van der Waals surface area contributed by atoms with Crippen molar-refractivity contribution in [1.29, 1.82) is 0 Å². The number of ether oxygens (including phenoxy) is 1. The number of aromatic nitrogens is 2. The lowest BCUT2D eigenvalue weighted by Gasteiger charge is -2.13. The Morgan fingerprint density at radius 3 is 2.70 bits per heavy atom. The minimum Gasteiger partial charge on any atom is -0.489 e. The molecular weight excluding hydrogens is 376 g/mol. The minimum atomic E-state index is -0.852. The summed E-state index contributed by atoms with van der Waals surface area (Å²) in [7, 11) is 0. The summed E-state index contributed by atoms with van der Waals surface area (Å²) in [6.07, 6.45) is 6.91. The van der Waals surface area contributed by atoms with Crippen LogP contribution in [0, 0.1) is 11.8 Å². The third-order valence-electron chi connectivity index (χ3n) is 5.72. The number of carboxylic acids is 1. The topological polar surface area (TPSA) is 64.3 Å². The van der Waals surface area contributed by atoms with E-state index in [9.17, 15) is 4.79 Å². The van der Waals surface area contributed by atoms with Gasteiger partial charge in [0.15, 0.2) is 0 Å². The first-order chi connectivity index (χ1) is 14.6. The molecule has 0 spiro atoms. The SMILES string of the molecule is CC#C[C@@H](CC(=O)O)c1ccc(OCc2ccc3cnn(C4CCCC4)c3c2)cc1. The molecule has 0 saturated heterocycles. The fourth-order valence-electron chi connectivity index (χ4n) is 4.18. The molecule has 5 nitrogen and oxygen atoms in total. The summed E-state index contributed by atoms with van der Waals surface area (Å²) in [6, 6.07) is 14.4. The van der Waals surface area contributed by atoms with E-state index in [-0.39, 0.29) is 12.3 Å². The summed E-state index contributed by atoms with van der Waals surface area (Å²) in [5, 5.41) is 14.9. The van der Waals surface area contributed by atoms with Crippen LogP contribution >= 0.6 is 0 Å². The average Bonchev–Trinajstić information content (AvgIpc) is 3.41. The zero-order chi connectivity index (χ0) is 20.9. The van der Waals surface area contributed by atoms with Gasteiger partial charge in [0.1, 0.15) is 12.4 Å². The lowest BCUT2D eigenvalue weighted by molar-refractivity contribution is -0.137. The van der Waals surface area contributed by atoms with E-state index in [1.807, 2.05) is 30.5 Å². The van der Waals surface area contributed by atoms with Crippen molar-refractivity contribution in [3.05, 3.63) is 59.8 Å². The van der Waals surface area contributed by atoms with Crippen molar-refractivity contribution in [2.45, 2.75) is 57.6 Å². The number of hydrogen-bond acceptors (Lipinski definition) is 3. The van der Waals surface area contributed by atoms with Gasteiger partial charge in [-0.25, -0.2) is 0 Å². The highest BCUT2D eigenvalue weighted by atomic mass is 16.5. The van der Waals surface area contributed by atoms with Crippen molar-refractivity contribution in [3.8, 4) is 17.6 Å². The van der Waals surface area contributed by atoms with Crippen molar-refractivity contribution < 1.29 is 14.6 Å². The highest BCUT2D eigenvalue weighted by molar-refractivity contribution is 5.79. The number of benzene rings is 2. The van der Waals surface area contributed by atoms with Crippen LogP contribution in [0.15, 0.2) is 48.7 Å². The predicted octanol–water partition coefficient (Wildman–Crippen LogP) is 5.31. The fraction of sp³-hybridized carbons (Fsp3) is 0.360. The second kappa shape index (κ2) is 9.04. The first kappa shape index (κ1) is 20.0. The number of hydrogen-bond donors (Lipinski definition) is 1. The lowest BCUT2D eigenvalue weighted by Crippen LogP contribution is -2.06. The van der Waals surface area contributed by atoms with Crippen molar-refractivity contribution in [3.63, 3.8) is 0 Å². The molecule has 1 aliphatic carbocycles. The Morgan fingerprint density at radius 1 is 1.23 bits per heavy atom. The van der Waals surface area contributed by atoms with Crippen molar-refractivity contribution >= 4 is 16.9 Å². The number of aliphatic carboxylic acids is 1. The summed E-state index contributed by atoms with van der Waals surface area (Å²) in [5.74, 6) is 5.38. The molecule has 1 aromatic heterocycles. The molecule has 1 saturated carbocycles. The van der Waals surface area contributed by atoms with Crippen LogP contribution in [0.3, 0.4) is 0 Å². The van der Waals surface area contributed by atoms with Crippen LogP contribution in [0.2, 0.25) is 0 Å². The monoisotopic (exact) mass is 402 g/mol. The number of carboxylic acid groups (broad SMARTS) is 1. The van der Waals surface area contributed by atoms with E-state index in [0.717, 1.165) is 22.3 Å². The van der Waals surface area contributed by atoms with Gasteiger partial charge >= 0.3 is 5.97 Å². The van der Waals surface area contributed by atoms with E-state index >= 15 is 0 Å². The maximum Gasteiger partial charge on any atom is 0.304 e. The van der Waals surface area contributed by atoms with Crippen LogP contribution < -0.4 is 4.74 Å². The molecule has 0 unspecified atom stereocenters. The molecule has 1 heterocycles. The number of rotatable bonds is 7. The van der Waals surface area contributed by atoms with Crippen LogP contribution in [0.25, 0.3) is 10.9 Å². The maximum absolute atomic E-state index is 11.1. The zero-order valence-electron chi connectivity index (χ0n) is 17.2. The molecule has 4 rings (SSSR count). The second-order valence-corrected chi connectivity index (χ2v) is 7.82. The van der Waals surface area contributed by atoms with Gasteiger partial charge in [-0.3, -0.25) is 9.48 Å². The molecule has 2 aromatic carbocycles. The summed E-state index contributed by atoms with van der Waals surface area (Å²) >= 11 is 0. The van der Waals surface area contributed by atoms with Crippen LogP contribution in [0.4, 0.5) is 0 Å². The molecule has 3 aromatic rings. The molecule has 0 amide bonds. The van der Waals surface area contributed by atoms with Crippen molar-refractivity contribution in [2.24, 2.45) is 0 Å². The van der Waals surface area contributed by atoms with Crippen LogP contribution in [0.5, 0.6) is 5.75 Å². The Balaban J connectivity index is 1.45. The summed E-state index contributed by atoms with van der Waals surface area (Å²) in [6.45, 7) is 2.19. The first-order valence-electron chi connectivity index (χ1n) is 10.5. The highest BCUT2D eigenvalue weighted by Gasteiger charge is 2.19. The van der Waals surface area contributed by atoms with Crippen LogP contribution in [-0.2, 0) is 11.4 Å². The van der Waals surface area contributed by atoms with Gasteiger partial charge in [0.2, 0.25) is 0 Å². The Hall–Kier alpha value is -3.26.